The predicted molar refractivity (Wildman–Crippen MR) is 44.3 cm³/mol. The van der Waals surface area contributed by atoms with Gasteiger partial charge >= 0.3 is 6.18 Å². The lowest BCUT2D eigenvalue weighted by molar-refractivity contribution is -0.606. The van der Waals surface area contributed by atoms with Crippen LogP contribution in [0.3, 0.4) is 0 Å². The SMILES string of the molecule is [CH]OC(c1cc(C)c[n+]([O-])c1)C(F)(F)F. The van der Waals surface area contributed by atoms with Crippen molar-refractivity contribution in [2.24, 2.45) is 0 Å². The van der Waals surface area contributed by atoms with Crippen molar-refractivity contribution in [1.29, 1.82) is 0 Å². The molecule has 1 unspecified atom stereocenters. The quantitative estimate of drug-likeness (QED) is 0.562. The van der Waals surface area contributed by atoms with Crippen molar-refractivity contribution < 1.29 is 22.6 Å². The number of hydrogen-bond acceptors (Lipinski definition) is 2. The summed E-state index contributed by atoms with van der Waals surface area (Å²) in [5.41, 5.74) is 0.0776. The van der Waals surface area contributed by atoms with Gasteiger partial charge in [-0.1, -0.05) is 0 Å². The molecule has 0 bridgehead atoms. The van der Waals surface area contributed by atoms with E-state index < -0.39 is 12.3 Å². The Balaban J connectivity index is 3.13. The van der Waals surface area contributed by atoms with Crippen molar-refractivity contribution in [2.45, 2.75) is 19.2 Å². The molecule has 0 aromatic carbocycles. The van der Waals surface area contributed by atoms with Gasteiger partial charge in [-0.2, -0.15) is 17.9 Å². The lowest BCUT2D eigenvalue weighted by Crippen LogP contribution is -2.30. The van der Waals surface area contributed by atoms with Gasteiger partial charge in [-0.05, 0) is 13.0 Å². The van der Waals surface area contributed by atoms with Gasteiger partial charge in [0.2, 0.25) is 0 Å². The molecule has 1 aromatic rings. The number of ether oxygens (including phenoxy) is 1. The van der Waals surface area contributed by atoms with Crippen molar-refractivity contribution in [1.82, 2.24) is 0 Å². The van der Waals surface area contributed by atoms with Gasteiger partial charge in [-0.15, -0.1) is 0 Å². The fraction of sp³-hybridized carbons (Fsp3) is 0.333. The van der Waals surface area contributed by atoms with Gasteiger partial charge in [0.25, 0.3) is 0 Å². The zero-order valence-corrected chi connectivity index (χ0v) is 7.78. The number of hydrogen-bond donors (Lipinski definition) is 0. The highest BCUT2D eigenvalue weighted by molar-refractivity contribution is 5.17. The zero-order valence-electron chi connectivity index (χ0n) is 7.78. The Morgan fingerprint density at radius 3 is 2.47 bits per heavy atom. The van der Waals surface area contributed by atoms with Crippen molar-refractivity contribution in [2.75, 3.05) is 0 Å². The van der Waals surface area contributed by atoms with E-state index >= 15 is 0 Å². The standard InChI is InChI=1S/C9H8F3NO2/c1-6-3-7(5-13(14)4-6)8(15-2)9(10,11)12/h2-5,8H,1H3. The highest BCUT2D eigenvalue weighted by Crippen LogP contribution is 2.35. The molecule has 1 heterocycles. The Kier molecular flexibility index (Phi) is 3.18. The molecule has 0 saturated carbocycles. The number of pyridine rings is 1. The lowest BCUT2D eigenvalue weighted by atomic mass is 10.1. The number of alkyl halides is 3. The Hall–Kier alpha value is -1.30. The minimum Gasteiger partial charge on any atom is -0.619 e. The maximum Gasteiger partial charge on any atom is 0.419 e. The van der Waals surface area contributed by atoms with Crippen LogP contribution in [0, 0.1) is 19.2 Å². The molecule has 15 heavy (non-hydrogen) atoms. The number of halogens is 3. The minimum atomic E-state index is -4.64. The van der Waals surface area contributed by atoms with Crippen molar-refractivity contribution >= 4 is 0 Å². The van der Waals surface area contributed by atoms with Crippen molar-refractivity contribution in [3.05, 3.63) is 41.9 Å². The molecule has 0 saturated heterocycles. The summed E-state index contributed by atoms with van der Waals surface area (Å²) in [6, 6.07) is 1.19. The number of aryl methyl sites for hydroxylation is 1. The highest BCUT2D eigenvalue weighted by Gasteiger charge is 2.42. The van der Waals surface area contributed by atoms with E-state index in [1.54, 1.807) is 0 Å². The molecule has 2 radical (unpaired) electrons. The van der Waals surface area contributed by atoms with E-state index in [9.17, 15) is 18.4 Å². The fourth-order valence-corrected chi connectivity index (χ4v) is 1.21. The van der Waals surface area contributed by atoms with Gasteiger partial charge in [-0.3, -0.25) is 0 Å². The lowest BCUT2D eigenvalue weighted by Gasteiger charge is -2.17. The van der Waals surface area contributed by atoms with Crippen LogP contribution in [-0.2, 0) is 4.74 Å². The molecule has 0 spiro atoms. The molecule has 0 aliphatic rings. The second-order valence-corrected chi connectivity index (χ2v) is 3.06. The second-order valence-electron chi connectivity index (χ2n) is 3.06. The maximum absolute atomic E-state index is 12.4. The maximum atomic E-state index is 12.4. The summed E-state index contributed by atoms with van der Waals surface area (Å²) in [6.07, 6.45) is -5.00. The van der Waals surface area contributed by atoms with Crippen LogP contribution in [0.5, 0.6) is 0 Å². The molecule has 1 atom stereocenters. The van der Waals surface area contributed by atoms with E-state index in [2.05, 4.69) is 11.8 Å². The largest absolute Gasteiger partial charge is 0.619 e. The molecule has 0 aliphatic carbocycles. The van der Waals surface area contributed by atoms with Crippen LogP contribution >= 0.6 is 0 Å². The van der Waals surface area contributed by atoms with Gasteiger partial charge < -0.3 is 9.94 Å². The molecule has 82 valence electrons. The third-order valence-electron chi connectivity index (χ3n) is 1.74. The first-order valence-electron chi connectivity index (χ1n) is 3.97. The van der Waals surface area contributed by atoms with E-state index in [0.29, 0.717) is 5.56 Å². The summed E-state index contributed by atoms with van der Waals surface area (Å²) in [5.74, 6) is 0. The Morgan fingerprint density at radius 2 is 2.07 bits per heavy atom. The number of aromatic nitrogens is 1. The molecule has 6 heteroatoms. The number of nitrogens with zero attached hydrogens (tertiary/aromatic N) is 1. The molecular weight excluding hydrogens is 211 g/mol. The van der Waals surface area contributed by atoms with E-state index in [4.69, 9.17) is 0 Å². The third kappa shape index (κ3) is 2.82. The van der Waals surface area contributed by atoms with Crippen LogP contribution in [0.4, 0.5) is 13.2 Å². The van der Waals surface area contributed by atoms with Gasteiger partial charge in [0, 0.05) is 5.56 Å². The Morgan fingerprint density at radius 1 is 1.47 bits per heavy atom. The summed E-state index contributed by atoms with van der Waals surface area (Å²) in [5, 5.41) is 10.9. The van der Waals surface area contributed by atoms with Gasteiger partial charge in [-0.25, -0.2) is 0 Å². The Bertz CT molecular complexity index is 331. The topological polar surface area (TPSA) is 36.2 Å². The molecule has 0 N–H and O–H groups in total. The highest BCUT2D eigenvalue weighted by atomic mass is 19.4. The summed E-state index contributed by atoms with van der Waals surface area (Å²) < 4.78 is 41.2. The summed E-state index contributed by atoms with van der Waals surface area (Å²) >= 11 is 0. The van der Waals surface area contributed by atoms with Crippen LogP contribution < -0.4 is 4.73 Å². The van der Waals surface area contributed by atoms with E-state index in [1.165, 1.54) is 13.0 Å². The van der Waals surface area contributed by atoms with E-state index in [1.807, 2.05) is 0 Å². The molecular formula is C9H8F3NO2. The first kappa shape index (κ1) is 11.8. The smallest absolute Gasteiger partial charge is 0.419 e. The monoisotopic (exact) mass is 219 g/mol. The normalized spacial score (nSPS) is 13.9. The summed E-state index contributed by atoms with van der Waals surface area (Å²) in [6.45, 7) is 1.50. The molecule has 3 nitrogen and oxygen atoms in total. The van der Waals surface area contributed by atoms with Gasteiger partial charge in [0.05, 0.1) is 5.56 Å². The summed E-state index contributed by atoms with van der Waals surface area (Å²) in [4.78, 5) is 0. The molecule has 0 amide bonds. The van der Waals surface area contributed by atoms with Crippen molar-refractivity contribution in [3.8, 4) is 0 Å². The molecule has 0 fully saturated rings. The van der Waals surface area contributed by atoms with Crippen LogP contribution in [0.2, 0.25) is 0 Å². The van der Waals surface area contributed by atoms with Crippen LogP contribution in [0.25, 0.3) is 0 Å². The molecule has 0 aliphatic heterocycles. The third-order valence-corrected chi connectivity index (χ3v) is 1.74. The average Bonchev–Trinajstić information content (AvgIpc) is 1.99. The zero-order chi connectivity index (χ0) is 11.6. The summed E-state index contributed by atoms with van der Waals surface area (Å²) in [7, 11) is 4.56. The van der Waals surface area contributed by atoms with Crippen LogP contribution in [-0.4, -0.2) is 6.18 Å². The first-order chi connectivity index (χ1) is 6.84. The van der Waals surface area contributed by atoms with Crippen LogP contribution in [0.15, 0.2) is 18.5 Å². The van der Waals surface area contributed by atoms with E-state index in [0.717, 1.165) is 12.4 Å². The predicted octanol–water partition coefficient (Wildman–Crippen LogP) is 1.92. The van der Waals surface area contributed by atoms with Crippen LogP contribution in [0.1, 0.15) is 17.2 Å². The first-order valence-corrected chi connectivity index (χ1v) is 3.97. The average molecular weight is 219 g/mol. The van der Waals surface area contributed by atoms with Gasteiger partial charge in [0.15, 0.2) is 18.5 Å². The van der Waals surface area contributed by atoms with Gasteiger partial charge in [0.1, 0.15) is 7.11 Å². The molecule has 1 aromatic heterocycles. The fourth-order valence-electron chi connectivity index (χ4n) is 1.21. The number of rotatable bonds is 2. The minimum absolute atomic E-state index is 0.280. The van der Waals surface area contributed by atoms with E-state index in [-0.39, 0.29) is 10.3 Å². The molecule has 1 rings (SSSR count). The Labute approximate surface area is 84.7 Å². The second kappa shape index (κ2) is 4.06. The van der Waals surface area contributed by atoms with Crippen molar-refractivity contribution in [3.63, 3.8) is 0 Å².